The lowest BCUT2D eigenvalue weighted by Gasteiger charge is -2.09. The second kappa shape index (κ2) is 11.6. The molecular weight excluding hydrogens is 526 g/mol. The predicted molar refractivity (Wildman–Crippen MR) is 146 cm³/mol. The van der Waals surface area contributed by atoms with Gasteiger partial charge in [0, 0.05) is 11.3 Å². The minimum atomic E-state index is -3.84. The van der Waals surface area contributed by atoms with Crippen molar-refractivity contribution in [3.05, 3.63) is 82.7 Å². The lowest BCUT2D eigenvalue weighted by Crippen LogP contribution is -2.23. The molecule has 4 aromatic rings. The Bertz CT molecular complexity index is 1650. The molecule has 4 rings (SSSR count). The maximum atomic E-state index is 13.2. The number of nitrogens with one attached hydrogen (secondary N) is 1. The van der Waals surface area contributed by atoms with Crippen LogP contribution in [0.25, 0.3) is 10.2 Å². The average molecular weight is 554 g/mol. The number of aromatic nitrogens is 1. The van der Waals surface area contributed by atoms with Crippen molar-refractivity contribution in [1.82, 2.24) is 4.57 Å². The number of thiazole rings is 1. The lowest BCUT2D eigenvalue weighted by atomic mass is 10.2. The number of nitrogens with zero attached hydrogens (tertiary/aromatic N) is 2. The fourth-order valence-electron chi connectivity index (χ4n) is 3.68. The van der Waals surface area contributed by atoms with E-state index in [1.807, 2.05) is 19.9 Å². The third-order valence-electron chi connectivity index (χ3n) is 5.45. The van der Waals surface area contributed by atoms with Gasteiger partial charge < -0.3 is 14.0 Å². The van der Waals surface area contributed by atoms with Crippen molar-refractivity contribution in [2.75, 3.05) is 17.9 Å². The summed E-state index contributed by atoms with van der Waals surface area (Å²) < 4.78 is 41.2. The summed E-state index contributed by atoms with van der Waals surface area (Å²) in [5.41, 5.74) is 2.05. The molecule has 0 bridgehead atoms. The molecule has 38 heavy (non-hydrogen) atoms. The van der Waals surface area contributed by atoms with Gasteiger partial charge in [-0.25, -0.2) is 8.42 Å². The number of aryl methyl sites for hydroxylation is 1. The Labute approximate surface area is 224 Å². The molecule has 0 spiro atoms. The Morgan fingerprint density at radius 1 is 1.00 bits per heavy atom. The van der Waals surface area contributed by atoms with E-state index in [2.05, 4.69) is 9.71 Å². The molecule has 1 heterocycles. The van der Waals surface area contributed by atoms with E-state index >= 15 is 0 Å². The number of ether oxygens (including phenoxy) is 2. The zero-order chi connectivity index (χ0) is 27.3. The largest absolute Gasteiger partial charge is 0.494 e. The summed E-state index contributed by atoms with van der Waals surface area (Å²) in [6.07, 6.45) is 0. The number of rotatable bonds is 9. The Hall–Kier alpha value is -3.96. The highest BCUT2D eigenvalue weighted by atomic mass is 32.2. The summed E-state index contributed by atoms with van der Waals surface area (Å²) in [7, 11) is -3.84. The number of carbonyl (C=O) groups is 2. The van der Waals surface area contributed by atoms with Crippen LogP contribution in [-0.2, 0) is 26.1 Å². The number of fused-ring (bicyclic) bond motifs is 1. The first-order chi connectivity index (χ1) is 18.2. The van der Waals surface area contributed by atoms with Crippen LogP contribution in [0.4, 0.5) is 5.69 Å². The molecule has 0 radical (unpaired) electrons. The van der Waals surface area contributed by atoms with Crippen LogP contribution < -0.4 is 14.3 Å². The minimum absolute atomic E-state index is 0.112. The molecule has 1 amide bonds. The van der Waals surface area contributed by atoms with Gasteiger partial charge in [-0.1, -0.05) is 35.1 Å². The third-order valence-corrected chi connectivity index (χ3v) is 7.89. The molecule has 3 aromatic carbocycles. The van der Waals surface area contributed by atoms with E-state index in [9.17, 15) is 18.0 Å². The van der Waals surface area contributed by atoms with Crippen molar-refractivity contribution in [3.63, 3.8) is 0 Å². The molecule has 0 aliphatic rings. The first-order valence-electron chi connectivity index (χ1n) is 11.9. The van der Waals surface area contributed by atoms with Gasteiger partial charge in [0.1, 0.15) is 12.3 Å². The second-order valence-electron chi connectivity index (χ2n) is 8.25. The molecule has 9 nitrogen and oxygen atoms in total. The molecule has 1 N–H and O–H groups in total. The van der Waals surface area contributed by atoms with Crippen LogP contribution in [0.2, 0.25) is 0 Å². The molecule has 0 saturated carbocycles. The highest BCUT2D eigenvalue weighted by Gasteiger charge is 2.16. The fourth-order valence-corrected chi connectivity index (χ4v) is 5.79. The number of hydrogen-bond acceptors (Lipinski definition) is 7. The van der Waals surface area contributed by atoms with Crippen LogP contribution in [0.1, 0.15) is 29.8 Å². The van der Waals surface area contributed by atoms with E-state index in [1.165, 1.54) is 29.5 Å². The van der Waals surface area contributed by atoms with Crippen molar-refractivity contribution in [1.29, 1.82) is 0 Å². The molecule has 0 fully saturated rings. The summed E-state index contributed by atoms with van der Waals surface area (Å²) >= 11 is 1.24. The molecule has 0 saturated heterocycles. The lowest BCUT2D eigenvalue weighted by molar-refractivity contribution is -0.143. The SMILES string of the molecule is CCOC(=O)Cn1c(=NC(=O)c2cccc(NS(=O)(=O)c3ccc(C)cc3)c2)sc2cc(OCC)ccc21. The van der Waals surface area contributed by atoms with Gasteiger partial charge >= 0.3 is 5.97 Å². The second-order valence-corrected chi connectivity index (χ2v) is 10.9. The van der Waals surface area contributed by atoms with Crippen molar-refractivity contribution in [3.8, 4) is 5.75 Å². The normalized spacial score (nSPS) is 11.9. The number of esters is 1. The van der Waals surface area contributed by atoms with Gasteiger partial charge in [-0.3, -0.25) is 14.3 Å². The molecule has 11 heteroatoms. The van der Waals surface area contributed by atoms with Crippen molar-refractivity contribution >= 4 is 49.1 Å². The minimum Gasteiger partial charge on any atom is -0.494 e. The van der Waals surface area contributed by atoms with Crippen LogP contribution in [0.15, 0.2) is 76.6 Å². The smallest absolute Gasteiger partial charge is 0.326 e. The maximum Gasteiger partial charge on any atom is 0.326 e. The molecule has 198 valence electrons. The monoisotopic (exact) mass is 553 g/mol. The summed E-state index contributed by atoms with van der Waals surface area (Å²) in [4.78, 5) is 30.1. The first kappa shape index (κ1) is 27.1. The van der Waals surface area contributed by atoms with Crippen LogP contribution in [0.3, 0.4) is 0 Å². The van der Waals surface area contributed by atoms with Crippen molar-refractivity contribution in [2.45, 2.75) is 32.2 Å². The fraction of sp³-hybridized carbons (Fsp3) is 0.222. The quantitative estimate of drug-likeness (QED) is 0.305. The first-order valence-corrected chi connectivity index (χ1v) is 14.2. The van der Waals surface area contributed by atoms with E-state index < -0.39 is 21.9 Å². The average Bonchev–Trinajstić information content (AvgIpc) is 3.20. The van der Waals surface area contributed by atoms with Gasteiger partial charge in [0.25, 0.3) is 15.9 Å². The van der Waals surface area contributed by atoms with Gasteiger partial charge in [0.15, 0.2) is 4.80 Å². The number of anilines is 1. The van der Waals surface area contributed by atoms with Gasteiger partial charge in [-0.15, -0.1) is 0 Å². The Morgan fingerprint density at radius 2 is 1.76 bits per heavy atom. The summed E-state index contributed by atoms with van der Waals surface area (Å²) in [5.74, 6) is -0.381. The van der Waals surface area contributed by atoms with E-state index in [0.717, 1.165) is 10.3 Å². The zero-order valence-electron chi connectivity index (χ0n) is 21.1. The summed E-state index contributed by atoms with van der Waals surface area (Å²) in [5, 5.41) is 0. The Balaban J connectivity index is 1.68. The van der Waals surface area contributed by atoms with Gasteiger partial charge in [-0.2, -0.15) is 4.99 Å². The molecule has 1 aromatic heterocycles. The molecule has 0 aliphatic heterocycles. The van der Waals surface area contributed by atoms with E-state index in [0.29, 0.717) is 22.7 Å². The number of hydrogen-bond donors (Lipinski definition) is 1. The third kappa shape index (κ3) is 6.29. The van der Waals surface area contributed by atoms with Gasteiger partial charge in [0.05, 0.1) is 28.3 Å². The standard InChI is InChI=1S/C27H27N3O6S2/c1-4-35-21-11-14-23-24(16-21)37-27(30(23)17-25(31)36-5-2)28-26(32)19-7-6-8-20(15-19)29-38(33,34)22-12-9-18(3)10-13-22/h6-16,29H,4-5,17H2,1-3H3. The van der Waals surface area contributed by atoms with E-state index in [4.69, 9.17) is 9.47 Å². The highest BCUT2D eigenvalue weighted by Crippen LogP contribution is 2.24. The maximum absolute atomic E-state index is 13.2. The van der Waals surface area contributed by atoms with Crippen LogP contribution >= 0.6 is 11.3 Å². The van der Waals surface area contributed by atoms with Gasteiger partial charge in [-0.05, 0) is 69.3 Å². The van der Waals surface area contributed by atoms with Crippen LogP contribution in [0, 0.1) is 6.92 Å². The molecular formula is C27H27N3O6S2. The molecule has 0 unspecified atom stereocenters. The number of benzene rings is 3. The van der Waals surface area contributed by atoms with E-state index in [-0.39, 0.29) is 29.3 Å². The topological polar surface area (TPSA) is 116 Å². The Morgan fingerprint density at radius 3 is 2.47 bits per heavy atom. The number of amides is 1. The van der Waals surface area contributed by atoms with Crippen molar-refractivity contribution in [2.24, 2.45) is 4.99 Å². The van der Waals surface area contributed by atoms with Crippen LogP contribution in [-0.4, -0.2) is 38.1 Å². The summed E-state index contributed by atoms with van der Waals surface area (Å²) in [6, 6.07) is 18.0. The van der Waals surface area contributed by atoms with Crippen molar-refractivity contribution < 1.29 is 27.5 Å². The van der Waals surface area contributed by atoms with Gasteiger partial charge in [0.2, 0.25) is 0 Å². The number of carbonyl (C=O) groups excluding carboxylic acids is 2. The Kier molecular flexibility index (Phi) is 8.28. The molecule has 0 aliphatic carbocycles. The number of sulfonamides is 1. The van der Waals surface area contributed by atoms with Crippen LogP contribution in [0.5, 0.6) is 5.75 Å². The predicted octanol–water partition coefficient (Wildman–Crippen LogP) is 4.51. The van der Waals surface area contributed by atoms with E-state index in [1.54, 1.807) is 54.0 Å². The molecule has 0 atom stereocenters. The zero-order valence-corrected chi connectivity index (χ0v) is 22.8. The summed E-state index contributed by atoms with van der Waals surface area (Å²) in [6.45, 7) is 6.08. The highest BCUT2D eigenvalue weighted by molar-refractivity contribution is 7.92.